The number of ketones is 1. The third kappa shape index (κ3) is 2.18. The molecule has 2 rings (SSSR count). The van der Waals surface area contributed by atoms with Crippen molar-refractivity contribution in [1.82, 2.24) is 4.98 Å². The number of rotatable bonds is 4. The van der Waals surface area contributed by atoms with Crippen LogP contribution in [0.1, 0.15) is 59.6 Å². The number of aromatic nitrogens is 1. The quantitative estimate of drug-likeness (QED) is 0.810. The molecule has 1 atom stereocenters. The Morgan fingerprint density at radius 2 is 2.25 bits per heavy atom. The lowest BCUT2D eigenvalue weighted by molar-refractivity contribution is 0.0595. The van der Waals surface area contributed by atoms with Gasteiger partial charge in [-0.15, -0.1) is 11.3 Å². The molecule has 0 fully saturated rings. The molecule has 0 spiro atoms. The average Bonchev–Trinajstić information content (AvgIpc) is 2.71. The maximum Gasteiger partial charge on any atom is 0.174 e. The number of hydrogen-bond acceptors (Lipinski definition) is 4. The molecule has 0 amide bonds. The molecule has 0 aromatic carbocycles. The molecule has 1 aromatic rings. The summed E-state index contributed by atoms with van der Waals surface area (Å²) < 4.78 is 5.63. The molecule has 3 nitrogen and oxygen atoms in total. The lowest BCUT2D eigenvalue weighted by atomic mass is 10.0. The molecule has 4 heteroatoms. The number of carbonyl (C=O) groups is 1. The molecule has 0 saturated carbocycles. The Labute approximate surface area is 99.8 Å². The minimum Gasteiger partial charge on any atom is -0.371 e. The van der Waals surface area contributed by atoms with Crippen LogP contribution in [0.15, 0.2) is 0 Å². The lowest BCUT2D eigenvalue weighted by Crippen LogP contribution is -2.07. The SMILES string of the molecule is CCOC(CC)c1nc2c(s1)C(=O)CCC2. The number of fused-ring (bicyclic) bond motifs is 1. The summed E-state index contributed by atoms with van der Waals surface area (Å²) in [5, 5.41) is 0.976. The second kappa shape index (κ2) is 5.06. The largest absolute Gasteiger partial charge is 0.371 e. The fourth-order valence-corrected chi connectivity index (χ4v) is 3.20. The van der Waals surface area contributed by atoms with E-state index in [0.717, 1.165) is 34.8 Å². The highest BCUT2D eigenvalue weighted by molar-refractivity contribution is 7.14. The van der Waals surface area contributed by atoms with E-state index in [0.29, 0.717) is 13.0 Å². The van der Waals surface area contributed by atoms with Crippen LogP contribution >= 0.6 is 11.3 Å². The summed E-state index contributed by atoms with van der Waals surface area (Å²) in [5.74, 6) is 0.261. The van der Waals surface area contributed by atoms with Gasteiger partial charge in [0, 0.05) is 13.0 Å². The summed E-state index contributed by atoms with van der Waals surface area (Å²) in [5.41, 5.74) is 0.995. The first-order valence-electron chi connectivity index (χ1n) is 5.90. The van der Waals surface area contributed by atoms with Gasteiger partial charge in [0.2, 0.25) is 0 Å². The summed E-state index contributed by atoms with van der Waals surface area (Å²) in [6, 6.07) is 0. The molecule has 1 aliphatic carbocycles. The molecule has 0 radical (unpaired) electrons. The first-order valence-corrected chi connectivity index (χ1v) is 6.72. The third-order valence-electron chi connectivity index (χ3n) is 2.80. The summed E-state index contributed by atoms with van der Waals surface area (Å²) in [6.45, 7) is 4.76. The van der Waals surface area contributed by atoms with Crippen molar-refractivity contribution in [2.45, 2.75) is 45.6 Å². The van der Waals surface area contributed by atoms with Crippen LogP contribution in [-0.2, 0) is 11.2 Å². The first-order chi connectivity index (χ1) is 7.76. The smallest absolute Gasteiger partial charge is 0.174 e. The monoisotopic (exact) mass is 239 g/mol. The second-order valence-corrected chi connectivity index (χ2v) is 4.99. The minimum atomic E-state index is 0.0633. The Balaban J connectivity index is 2.26. The van der Waals surface area contributed by atoms with E-state index in [-0.39, 0.29) is 11.9 Å². The van der Waals surface area contributed by atoms with Crippen LogP contribution in [0.5, 0.6) is 0 Å². The molecule has 0 bridgehead atoms. The fraction of sp³-hybridized carbons (Fsp3) is 0.667. The van der Waals surface area contributed by atoms with Gasteiger partial charge in [-0.25, -0.2) is 4.98 Å². The van der Waals surface area contributed by atoms with Crippen molar-refractivity contribution >= 4 is 17.1 Å². The summed E-state index contributed by atoms with van der Waals surface area (Å²) >= 11 is 1.53. The van der Waals surface area contributed by atoms with Gasteiger partial charge in [-0.05, 0) is 26.2 Å². The van der Waals surface area contributed by atoms with Crippen LogP contribution in [0.2, 0.25) is 0 Å². The summed E-state index contributed by atoms with van der Waals surface area (Å²) in [6.07, 6.45) is 3.54. The highest BCUT2D eigenvalue weighted by Crippen LogP contribution is 2.32. The number of carbonyl (C=O) groups excluding carboxylic acids is 1. The van der Waals surface area contributed by atoms with E-state index >= 15 is 0 Å². The second-order valence-electron chi connectivity index (χ2n) is 3.96. The van der Waals surface area contributed by atoms with E-state index in [2.05, 4.69) is 11.9 Å². The van der Waals surface area contributed by atoms with Gasteiger partial charge in [0.05, 0.1) is 10.6 Å². The molecule has 88 valence electrons. The van der Waals surface area contributed by atoms with Crippen LogP contribution in [0.4, 0.5) is 0 Å². The van der Waals surface area contributed by atoms with E-state index in [4.69, 9.17) is 4.74 Å². The minimum absolute atomic E-state index is 0.0633. The number of thiazole rings is 1. The van der Waals surface area contributed by atoms with E-state index in [9.17, 15) is 4.79 Å². The number of Topliss-reactive ketones (excluding diaryl/α,β-unsaturated/α-hetero) is 1. The van der Waals surface area contributed by atoms with Gasteiger partial charge in [-0.1, -0.05) is 6.92 Å². The van der Waals surface area contributed by atoms with Gasteiger partial charge in [-0.2, -0.15) is 0 Å². The van der Waals surface area contributed by atoms with Crippen molar-refractivity contribution in [3.63, 3.8) is 0 Å². The predicted molar refractivity (Wildman–Crippen MR) is 64.0 cm³/mol. The van der Waals surface area contributed by atoms with E-state index in [1.54, 1.807) is 0 Å². The fourth-order valence-electron chi connectivity index (χ4n) is 1.99. The summed E-state index contributed by atoms with van der Waals surface area (Å²) in [7, 11) is 0. The van der Waals surface area contributed by atoms with Gasteiger partial charge in [0.15, 0.2) is 5.78 Å². The Morgan fingerprint density at radius 1 is 1.44 bits per heavy atom. The van der Waals surface area contributed by atoms with Gasteiger partial charge >= 0.3 is 0 Å². The molecule has 1 heterocycles. The Hall–Kier alpha value is -0.740. The Morgan fingerprint density at radius 3 is 2.88 bits per heavy atom. The lowest BCUT2D eigenvalue weighted by Gasteiger charge is -2.10. The zero-order valence-electron chi connectivity index (χ0n) is 9.78. The van der Waals surface area contributed by atoms with Crippen molar-refractivity contribution in [3.05, 3.63) is 15.6 Å². The molecule has 1 aliphatic rings. The summed E-state index contributed by atoms with van der Waals surface area (Å²) in [4.78, 5) is 17.1. The van der Waals surface area contributed by atoms with E-state index in [1.807, 2.05) is 6.92 Å². The van der Waals surface area contributed by atoms with Crippen molar-refractivity contribution in [2.75, 3.05) is 6.61 Å². The topological polar surface area (TPSA) is 39.2 Å². The maximum atomic E-state index is 11.7. The standard InChI is InChI=1S/C12H17NO2S/c1-3-10(15-4-2)12-13-8-6-5-7-9(14)11(8)16-12/h10H,3-7H2,1-2H3. The van der Waals surface area contributed by atoms with Gasteiger partial charge < -0.3 is 4.74 Å². The molecule has 0 saturated heterocycles. The highest BCUT2D eigenvalue weighted by Gasteiger charge is 2.24. The van der Waals surface area contributed by atoms with Gasteiger partial charge in [-0.3, -0.25) is 4.79 Å². The molecule has 1 aromatic heterocycles. The number of ether oxygens (including phenoxy) is 1. The zero-order chi connectivity index (χ0) is 11.5. The molecule has 0 N–H and O–H groups in total. The highest BCUT2D eigenvalue weighted by atomic mass is 32.1. The predicted octanol–water partition coefficient (Wildman–Crippen LogP) is 3.15. The maximum absolute atomic E-state index is 11.7. The van der Waals surface area contributed by atoms with Crippen molar-refractivity contribution in [3.8, 4) is 0 Å². The Kier molecular flexibility index (Phi) is 3.71. The number of aryl methyl sites for hydroxylation is 1. The third-order valence-corrected chi connectivity index (χ3v) is 4.03. The van der Waals surface area contributed by atoms with E-state index in [1.165, 1.54) is 11.3 Å². The van der Waals surface area contributed by atoms with Crippen molar-refractivity contribution in [1.29, 1.82) is 0 Å². The zero-order valence-corrected chi connectivity index (χ0v) is 10.6. The number of hydrogen-bond donors (Lipinski definition) is 0. The molecular weight excluding hydrogens is 222 g/mol. The van der Waals surface area contributed by atoms with Crippen LogP contribution in [-0.4, -0.2) is 17.4 Å². The molecule has 1 unspecified atom stereocenters. The van der Waals surface area contributed by atoms with Gasteiger partial charge in [0.1, 0.15) is 11.1 Å². The van der Waals surface area contributed by atoms with Crippen LogP contribution < -0.4 is 0 Å². The number of nitrogens with zero attached hydrogens (tertiary/aromatic N) is 1. The normalized spacial score (nSPS) is 17.2. The van der Waals surface area contributed by atoms with Gasteiger partial charge in [0.25, 0.3) is 0 Å². The molecule has 16 heavy (non-hydrogen) atoms. The first kappa shape index (κ1) is 11.7. The van der Waals surface area contributed by atoms with Crippen LogP contribution in [0.25, 0.3) is 0 Å². The Bertz CT molecular complexity index is 386. The van der Waals surface area contributed by atoms with Crippen LogP contribution in [0, 0.1) is 0 Å². The molecular formula is C12H17NO2S. The molecule has 0 aliphatic heterocycles. The van der Waals surface area contributed by atoms with Crippen LogP contribution in [0.3, 0.4) is 0 Å². The average molecular weight is 239 g/mol. The van der Waals surface area contributed by atoms with Crippen molar-refractivity contribution in [2.24, 2.45) is 0 Å². The van der Waals surface area contributed by atoms with E-state index < -0.39 is 0 Å². The van der Waals surface area contributed by atoms with Crippen molar-refractivity contribution < 1.29 is 9.53 Å².